The number of rotatable bonds is 4. The summed E-state index contributed by atoms with van der Waals surface area (Å²) in [5.41, 5.74) is -0.263. The highest BCUT2D eigenvalue weighted by atomic mass is 32.2. The Hall–Kier alpha value is -0.130. The lowest BCUT2D eigenvalue weighted by Gasteiger charge is -2.37. The van der Waals surface area contributed by atoms with Crippen molar-refractivity contribution in [1.29, 1.82) is 0 Å². The molecule has 0 aliphatic carbocycles. The van der Waals surface area contributed by atoms with Crippen LogP contribution in [0.15, 0.2) is 0 Å². The molecule has 90 valence electrons. The molecule has 1 fully saturated rings. The van der Waals surface area contributed by atoms with Crippen molar-refractivity contribution >= 4 is 10.0 Å². The van der Waals surface area contributed by atoms with Gasteiger partial charge in [-0.05, 0) is 39.7 Å². The lowest BCUT2D eigenvalue weighted by Crippen LogP contribution is -2.58. The van der Waals surface area contributed by atoms with Crippen LogP contribution < -0.4 is 10.0 Å². The molecule has 1 aliphatic heterocycles. The number of piperidine rings is 1. The molecule has 4 nitrogen and oxygen atoms in total. The molecule has 0 radical (unpaired) electrons. The van der Waals surface area contributed by atoms with Gasteiger partial charge in [0.1, 0.15) is 0 Å². The molecule has 0 aromatic rings. The SMILES string of the molecule is CCC1(NS(=O)(=O)C(C)C)CCCNC1. The summed E-state index contributed by atoms with van der Waals surface area (Å²) in [5.74, 6) is 0. The average Bonchev–Trinajstić information content (AvgIpc) is 2.18. The summed E-state index contributed by atoms with van der Waals surface area (Å²) in [4.78, 5) is 0. The van der Waals surface area contributed by atoms with Crippen molar-refractivity contribution in [2.75, 3.05) is 13.1 Å². The van der Waals surface area contributed by atoms with Crippen LogP contribution in [-0.4, -0.2) is 32.3 Å². The van der Waals surface area contributed by atoms with Crippen LogP contribution in [0.4, 0.5) is 0 Å². The molecule has 0 aromatic heterocycles. The molecular weight excluding hydrogens is 212 g/mol. The van der Waals surface area contributed by atoms with Crippen LogP contribution >= 0.6 is 0 Å². The van der Waals surface area contributed by atoms with Crippen molar-refractivity contribution in [3.05, 3.63) is 0 Å². The second-order valence-corrected chi connectivity index (χ2v) is 6.85. The van der Waals surface area contributed by atoms with E-state index in [0.29, 0.717) is 0 Å². The Morgan fingerprint density at radius 3 is 2.53 bits per heavy atom. The molecule has 0 amide bonds. The molecule has 1 saturated heterocycles. The normalized spacial score (nSPS) is 28.3. The Bertz CT molecular complexity index is 293. The number of nitrogens with one attached hydrogen (secondary N) is 2. The first kappa shape index (κ1) is 12.9. The van der Waals surface area contributed by atoms with Gasteiger partial charge in [0.05, 0.1) is 5.25 Å². The summed E-state index contributed by atoms with van der Waals surface area (Å²) in [6.45, 7) is 7.19. The first-order chi connectivity index (χ1) is 6.92. The smallest absolute Gasteiger partial charge is 0.214 e. The third kappa shape index (κ3) is 3.16. The molecule has 0 spiro atoms. The van der Waals surface area contributed by atoms with Crippen LogP contribution in [0.2, 0.25) is 0 Å². The van der Waals surface area contributed by atoms with Gasteiger partial charge in [0.2, 0.25) is 10.0 Å². The maximum absolute atomic E-state index is 11.8. The summed E-state index contributed by atoms with van der Waals surface area (Å²) < 4.78 is 26.5. The third-order valence-electron chi connectivity index (χ3n) is 3.13. The molecular formula is C10H22N2O2S. The maximum Gasteiger partial charge on any atom is 0.214 e. The Labute approximate surface area is 92.9 Å². The maximum atomic E-state index is 11.8. The zero-order valence-corrected chi connectivity index (χ0v) is 10.7. The van der Waals surface area contributed by atoms with Gasteiger partial charge in [0.15, 0.2) is 0 Å². The monoisotopic (exact) mass is 234 g/mol. The molecule has 1 rings (SSSR count). The van der Waals surface area contributed by atoms with E-state index in [0.717, 1.165) is 32.4 Å². The van der Waals surface area contributed by atoms with Crippen molar-refractivity contribution in [2.24, 2.45) is 0 Å². The lowest BCUT2D eigenvalue weighted by molar-refractivity contribution is 0.277. The number of hydrogen-bond donors (Lipinski definition) is 2. The Balaban J connectivity index is 2.76. The highest BCUT2D eigenvalue weighted by Gasteiger charge is 2.35. The number of hydrogen-bond acceptors (Lipinski definition) is 3. The highest BCUT2D eigenvalue weighted by molar-refractivity contribution is 7.90. The zero-order valence-electron chi connectivity index (χ0n) is 9.84. The van der Waals surface area contributed by atoms with E-state index in [1.54, 1.807) is 13.8 Å². The number of sulfonamides is 1. The second kappa shape index (κ2) is 4.80. The van der Waals surface area contributed by atoms with E-state index in [9.17, 15) is 8.42 Å². The van der Waals surface area contributed by atoms with E-state index in [4.69, 9.17) is 0 Å². The average molecular weight is 234 g/mol. The second-order valence-electron chi connectivity index (χ2n) is 4.61. The Morgan fingerprint density at radius 2 is 2.13 bits per heavy atom. The first-order valence-electron chi connectivity index (χ1n) is 5.65. The van der Waals surface area contributed by atoms with Gasteiger partial charge >= 0.3 is 0 Å². The molecule has 1 aliphatic rings. The van der Waals surface area contributed by atoms with Gasteiger partial charge in [0, 0.05) is 12.1 Å². The summed E-state index contributed by atoms with van der Waals surface area (Å²) in [6, 6.07) is 0. The fourth-order valence-corrected chi connectivity index (χ4v) is 3.01. The minimum absolute atomic E-state index is 0.263. The molecule has 1 unspecified atom stereocenters. The van der Waals surface area contributed by atoms with E-state index in [1.807, 2.05) is 6.92 Å². The summed E-state index contributed by atoms with van der Waals surface area (Å²) >= 11 is 0. The molecule has 1 atom stereocenters. The van der Waals surface area contributed by atoms with Crippen molar-refractivity contribution in [3.8, 4) is 0 Å². The molecule has 5 heteroatoms. The van der Waals surface area contributed by atoms with Crippen molar-refractivity contribution in [1.82, 2.24) is 10.0 Å². The minimum atomic E-state index is -3.16. The van der Waals surface area contributed by atoms with Crippen molar-refractivity contribution < 1.29 is 8.42 Å². The van der Waals surface area contributed by atoms with Gasteiger partial charge < -0.3 is 5.32 Å². The van der Waals surface area contributed by atoms with Crippen LogP contribution in [0.5, 0.6) is 0 Å². The van der Waals surface area contributed by atoms with Crippen LogP contribution in [0, 0.1) is 0 Å². The van der Waals surface area contributed by atoms with Gasteiger partial charge in [-0.15, -0.1) is 0 Å². The predicted molar refractivity (Wildman–Crippen MR) is 62.3 cm³/mol. The molecule has 0 saturated carbocycles. The van der Waals surface area contributed by atoms with E-state index in [-0.39, 0.29) is 10.8 Å². The van der Waals surface area contributed by atoms with E-state index in [2.05, 4.69) is 10.0 Å². The largest absolute Gasteiger partial charge is 0.315 e. The fraction of sp³-hybridized carbons (Fsp3) is 1.00. The van der Waals surface area contributed by atoms with Crippen LogP contribution in [0.3, 0.4) is 0 Å². The molecule has 1 heterocycles. The highest BCUT2D eigenvalue weighted by Crippen LogP contribution is 2.21. The van der Waals surface area contributed by atoms with Crippen molar-refractivity contribution in [3.63, 3.8) is 0 Å². The molecule has 0 bridgehead atoms. The van der Waals surface area contributed by atoms with Crippen molar-refractivity contribution in [2.45, 2.75) is 50.8 Å². The summed E-state index contributed by atoms with van der Waals surface area (Å²) in [5, 5.41) is 2.90. The zero-order chi connectivity index (χ0) is 11.5. The summed E-state index contributed by atoms with van der Waals surface area (Å²) in [6.07, 6.45) is 2.81. The molecule has 0 aromatic carbocycles. The molecule has 2 N–H and O–H groups in total. The standard InChI is InChI=1S/C10H22N2O2S/c1-4-10(6-5-7-11-8-10)12-15(13,14)9(2)3/h9,11-12H,4-8H2,1-3H3. The van der Waals surface area contributed by atoms with E-state index < -0.39 is 10.0 Å². The first-order valence-corrected chi connectivity index (χ1v) is 7.20. The third-order valence-corrected chi connectivity index (χ3v) is 5.09. The van der Waals surface area contributed by atoms with Gasteiger partial charge in [-0.25, -0.2) is 13.1 Å². The topological polar surface area (TPSA) is 58.2 Å². The lowest BCUT2D eigenvalue weighted by atomic mass is 9.89. The molecule has 15 heavy (non-hydrogen) atoms. The van der Waals surface area contributed by atoms with E-state index >= 15 is 0 Å². The Kier molecular flexibility index (Phi) is 4.14. The fourth-order valence-electron chi connectivity index (χ4n) is 1.85. The van der Waals surface area contributed by atoms with Gasteiger partial charge in [0.25, 0.3) is 0 Å². The quantitative estimate of drug-likeness (QED) is 0.758. The minimum Gasteiger partial charge on any atom is -0.315 e. The summed E-state index contributed by atoms with van der Waals surface area (Å²) in [7, 11) is -3.16. The predicted octanol–water partition coefficient (Wildman–Crippen LogP) is 0.846. The van der Waals surface area contributed by atoms with Gasteiger partial charge in [-0.3, -0.25) is 0 Å². The van der Waals surface area contributed by atoms with E-state index in [1.165, 1.54) is 0 Å². The van der Waals surface area contributed by atoms with Gasteiger partial charge in [-0.1, -0.05) is 6.92 Å². The Morgan fingerprint density at radius 1 is 1.47 bits per heavy atom. The van der Waals surface area contributed by atoms with Crippen LogP contribution in [0.25, 0.3) is 0 Å². The van der Waals surface area contributed by atoms with Crippen LogP contribution in [-0.2, 0) is 10.0 Å². The van der Waals surface area contributed by atoms with Gasteiger partial charge in [-0.2, -0.15) is 0 Å². The van der Waals surface area contributed by atoms with Crippen LogP contribution in [0.1, 0.15) is 40.0 Å².